The molecule has 152 valence electrons. The third kappa shape index (κ3) is 4.46. The van der Waals surface area contributed by atoms with Crippen LogP contribution in [0.1, 0.15) is 11.1 Å². The molecule has 1 aliphatic rings. The van der Waals surface area contributed by atoms with Gasteiger partial charge in [-0.3, -0.25) is 0 Å². The Balaban J connectivity index is 1.72. The van der Waals surface area contributed by atoms with Crippen LogP contribution in [-0.2, 0) is 6.54 Å². The van der Waals surface area contributed by atoms with Gasteiger partial charge in [0.2, 0.25) is 0 Å². The number of rotatable bonds is 5. The highest BCUT2D eigenvalue weighted by Gasteiger charge is 2.27. The highest BCUT2D eigenvalue weighted by molar-refractivity contribution is 7.99. The molecule has 0 bridgehead atoms. The number of anilines is 2. The molecule has 0 fully saturated rings. The number of hydrogen-bond acceptors (Lipinski definition) is 5. The molecule has 1 aromatic heterocycles. The fourth-order valence-corrected chi connectivity index (χ4v) is 4.48. The van der Waals surface area contributed by atoms with Gasteiger partial charge in [-0.05, 0) is 30.7 Å². The Morgan fingerprint density at radius 3 is 2.86 bits per heavy atom. The SMILES string of the molecule is Cc1ccc2nc(N3CCSc4ccccc4C3)cc(NCC(F)(F)CN)c2c1. The molecule has 0 aliphatic carbocycles. The van der Waals surface area contributed by atoms with Crippen molar-refractivity contribution >= 4 is 34.2 Å². The molecule has 3 aromatic rings. The van der Waals surface area contributed by atoms with Gasteiger partial charge in [-0.2, -0.15) is 0 Å². The van der Waals surface area contributed by atoms with Crippen molar-refractivity contribution in [3.05, 3.63) is 59.7 Å². The lowest BCUT2D eigenvalue weighted by Crippen LogP contribution is -2.35. The van der Waals surface area contributed by atoms with Gasteiger partial charge < -0.3 is 16.0 Å². The van der Waals surface area contributed by atoms with E-state index in [9.17, 15) is 8.78 Å². The van der Waals surface area contributed by atoms with Gasteiger partial charge in [-0.15, -0.1) is 11.8 Å². The monoisotopic (exact) mass is 414 g/mol. The highest BCUT2D eigenvalue weighted by Crippen LogP contribution is 2.33. The molecule has 3 N–H and O–H groups in total. The first-order valence-corrected chi connectivity index (χ1v) is 10.6. The van der Waals surface area contributed by atoms with Crippen molar-refractivity contribution < 1.29 is 8.78 Å². The molecular weight excluding hydrogens is 390 g/mol. The second-order valence-electron chi connectivity index (χ2n) is 7.34. The number of aryl methyl sites for hydroxylation is 1. The van der Waals surface area contributed by atoms with Crippen LogP contribution in [0.15, 0.2) is 53.4 Å². The largest absolute Gasteiger partial charge is 0.378 e. The van der Waals surface area contributed by atoms with Gasteiger partial charge in [0.15, 0.2) is 0 Å². The topological polar surface area (TPSA) is 54.2 Å². The lowest BCUT2D eigenvalue weighted by Gasteiger charge is -2.24. The number of fused-ring (bicyclic) bond motifs is 2. The predicted molar refractivity (Wildman–Crippen MR) is 117 cm³/mol. The Bertz CT molecular complexity index is 1020. The minimum Gasteiger partial charge on any atom is -0.378 e. The van der Waals surface area contributed by atoms with Crippen LogP contribution in [0.3, 0.4) is 0 Å². The van der Waals surface area contributed by atoms with Crippen molar-refractivity contribution in [3.63, 3.8) is 0 Å². The van der Waals surface area contributed by atoms with E-state index in [-0.39, 0.29) is 0 Å². The molecule has 0 amide bonds. The second-order valence-corrected chi connectivity index (χ2v) is 8.48. The number of alkyl halides is 2. The van der Waals surface area contributed by atoms with Gasteiger partial charge in [0.1, 0.15) is 5.82 Å². The molecule has 7 heteroatoms. The molecule has 0 radical (unpaired) electrons. The number of halogens is 2. The molecule has 0 unspecified atom stereocenters. The van der Waals surface area contributed by atoms with Crippen LogP contribution in [0.25, 0.3) is 10.9 Å². The predicted octanol–water partition coefficient (Wildman–Crippen LogP) is 4.66. The van der Waals surface area contributed by atoms with Gasteiger partial charge >= 0.3 is 0 Å². The Labute approximate surface area is 173 Å². The van der Waals surface area contributed by atoms with Gasteiger partial charge in [0.05, 0.1) is 18.6 Å². The lowest BCUT2D eigenvalue weighted by atomic mass is 10.1. The average Bonchev–Trinajstić information content (AvgIpc) is 2.94. The zero-order chi connectivity index (χ0) is 20.4. The first-order chi connectivity index (χ1) is 13.9. The summed E-state index contributed by atoms with van der Waals surface area (Å²) in [6.45, 7) is 2.37. The summed E-state index contributed by atoms with van der Waals surface area (Å²) in [7, 11) is 0. The molecule has 0 saturated carbocycles. The Morgan fingerprint density at radius 2 is 2.03 bits per heavy atom. The third-order valence-corrected chi connectivity index (χ3v) is 6.16. The smallest absolute Gasteiger partial charge is 0.276 e. The maximum Gasteiger partial charge on any atom is 0.276 e. The second kappa shape index (κ2) is 8.16. The van der Waals surface area contributed by atoms with E-state index in [1.807, 2.05) is 49.0 Å². The molecule has 0 saturated heterocycles. The summed E-state index contributed by atoms with van der Waals surface area (Å²) in [6.07, 6.45) is 0. The summed E-state index contributed by atoms with van der Waals surface area (Å²) >= 11 is 1.84. The average molecular weight is 415 g/mol. The quantitative estimate of drug-likeness (QED) is 0.636. The minimum atomic E-state index is -2.96. The van der Waals surface area contributed by atoms with E-state index in [4.69, 9.17) is 10.7 Å². The van der Waals surface area contributed by atoms with Gasteiger partial charge in [-0.1, -0.05) is 29.8 Å². The van der Waals surface area contributed by atoms with Crippen LogP contribution in [0, 0.1) is 6.92 Å². The minimum absolute atomic E-state index is 0.505. The molecule has 1 aliphatic heterocycles. The van der Waals surface area contributed by atoms with E-state index in [2.05, 4.69) is 28.4 Å². The van der Waals surface area contributed by atoms with E-state index >= 15 is 0 Å². The van der Waals surface area contributed by atoms with Crippen LogP contribution in [-0.4, -0.2) is 36.3 Å². The number of benzene rings is 2. The van der Waals surface area contributed by atoms with Gasteiger partial charge in [-0.25, -0.2) is 13.8 Å². The highest BCUT2D eigenvalue weighted by atomic mass is 32.2. The number of nitrogens with zero attached hydrogens (tertiary/aromatic N) is 2. The van der Waals surface area contributed by atoms with Crippen LogP contribution in [0.2, 0.25) is 0 Å². The summed E-state index contributed by atoms with van der Waals surface area (Å²) in [4.78, 5) is 8.34. The van der Waals surface area contributed by atoms with Crippen molar-refractivity contribution in [2.45, 2.75) is 24.3 Å². The Kier molecular flexibility index (Phi) is 5.61. The maximum atomic E-state index is 13.8. The number of pyridine rings is 1. The summed E-state index contributed by atoms with van der Waals surface area (Å²) in [5, 5.41) is 3.76. The molecule has 4 rings (SSSR count). The standard InChI is InChI=1S/C22H24F2N4S/c1-15-6-7-18-17(10-15)19(26-14-22(23,24)13-25)11-21(27-18)28-8-9-29-20-5-3-2-4-16(20)12-28/h2-7,10-11H,8-9,12-14,25H2,1H3,(H,26,27). The van der Waals surface area contributed by atoms with Crippen molar-refractivity contribution in [3.8, 4) is 0 Å². The number of hydrogen-bond donors (Lipinski definition) is 2. The normalized spacial score (nSPS) is 14.6. The van der Waals surface area contributed by atoms with Crippen molar-refractivity contribution in [2.75, 3.05) is 35.6 Å². The zero-order valence-electron chi connectivity index (χ0n) is 16.3. The van der Waals surface area contributed by atoms with E-state index in [1.54, 1.807) is 0 Å². The fourth-order valence-electron chi connectivity index (χ4n) is 3.45. The number of nitrogens with one attached hydrogen (secondary N) is 1. The first-order valence-electron chi connectivity index (χ1n) is 9.64. The molecule has 0 atom stereocenters. The molecule has 29 heavy (non-hydrogen) atoms. The molecular formula is C22H24F2N4S. The van der Waals surface area contributed by atoms with Gasteiger partial charge in [0, 0.05) is 40.9 Å². The lowest BCUT2D eigenvalue weighted by molar-refractivity contribution is 0.0254. The molecule has 2 aromatic carbocycles. The summed E-state index contributed by atoms with van der Waals surface area (Å²) in [6, 6.07) is 16.2. The summed E-state index contributed by atoms with van der Waals surface area (Å²) in [5.41, 5.74) is 8.96. The van der Waals surface area contributed by atoms with E-state index in [0.717, 1.165) is 41.1 Å². The van der Waals surface area contributed by atoms with Crippen LogP contribution in [0.4, 0.5) is 20.3 Å². The maximum absolute atomic E-state index is 13.8. The van der Waals surface area contributed by atoms with E-state index < -0.39 is 19.0 Å². The van der Waals surface area contributed by atoms with Crippen LogP contribution >= 0.6 is 11.8 Å². The number of aromatic nitrogens is 1. The van der Waals surface area contributed by atoms with Crippen molar-refractivity contribution in [2.24, 2.45) is 5.73 Å². The van der Waals surface area contributed by atoms with E-state index in [0.29, 0.717) is 5.69 Å². The molecule has 2 heterocycles. The summed E-state index contributed by atoms with van der Waals surface area (Å²) in [5.74, 6) is -1.23. The van der Waals surface area contributed by atoms with Crippen LogP contribution < -0.4 is 16.0 Å². The van der Waals surface area contributed by atoms with Crippen molar-refractivity contribution in [1.82, 2.24) is 4.98 Å². The molecule has 4 nitrogen and oxygen atoms in total. The fraction of sp³-hybridized carbons (Fsp3) is 0.318. The number of thioether (sulfide) groups is 1. The number of nitrogens with two attached hydrogens (primary N) is 1. The first kappa shape index (κ1) is 19.9. The third-order valence-electron chi connectivity index (χ3n) is 5.06. The van der Waals surface area contributed by atoms with Gasteiger partial charge in [0.25, 0.3) is 5.92 Å². The molecule has 0 spiro atoms. The van der Waals surface area contributed by atoms with Crippen molar-refractivity contribution in [1.29, 1.82) is 0 Å². The Hall–Kier alpha value is -2.38. The van der Waals surface area contributed by atoms with E-state index in [1.165, 1.54) is 10.5 Å². The summed E-state index contributed by atoms with van der Waals surface area (Å²) < 4.78 is 27.6. The Morgan fingerprint density at radius 1 is 1.21 bits per heavy atom. The zero-order valence-corrected chi connectivity index (χ0v) is 17.1. The van der Waals surface area contributed by atoms with Crippen LogP contribution in [0.5, 0.6) is 0 Å².